The van der Waals surface area contributed by atoms with Crippen molar-refractivity contribution >= 4 is 17.8 Å². The Morgan fingerprint density at radius 1 is 0.962 bits per heavy atom. The van der Waals surface area contributed by atoms with E-state index in [1.807, 2.05) is 12.1 Å². The van der Waals surface area contributed by atoms with Gasteiger partial charge in [0.15, 0.2) is 0 Å². The molecule has 0 aliphatic carbocycles. The number of ether oxygens (including phenoxy) is 2. The van der Waals surface area contributed by atoms with Crippen molar-refractivity contribution in [1.82, 2.24) is 5.32 Å². The molecule has 0 heterocycles. The number of carbonyl (C=O) groups excluding carboxylic acids is 2. The van der Waals surface area contributed by atoms with E-state index in [2.05, 4.69) is 10.3 Å². The number of hydrogen-bond donors (Lipinski definition) is 1. The van der Waals surface area contributed by atoms with Crippen LogP contribution in [0.25, 0.3) is 0 Å². The Hall–Kier alpha value is -3.67. The first kappa shape index (κ1) is 18.7. The quantitative estimate of drug-likeness (QED) is 0.375. The van der Waals surface area contributed by atoms with Crippen molar-refractivity contribution in [2.45, 2.75) is 0 Å². The van der Waals surface area contributed by atoms with Gasteiger partial charge in [-0.05, 0) is 24.3 Å². The fourth-order valence-corrected chi connectivity index (χ4v) is 1.86. The zero-order valence-electron chi connectivity index (χ0n) is 14.2. The van der Waals surface area contributed by atoms with Crippen LogP contribution >= 0.6 is 0 Å². The van der Waals surface area contributed by atoms with Gasteiger partial charge in [-0.2, -0.15) is 0 Å². The molecule has 0 radical (unpaired) electrons. The summed E-state index contributed by atoms with van der Waals surface area (Å²) in [5, 5.41) is 2.58. The number of rotatable bonds is 6. The molecule has 0 unspecified atom stereocenters. The number of amides is 1. The average Bonchev–Trinajstić information content (AvgIpc) is 2.70. The van der Waals surface area contributed by atoms with Crippen LogP contribution in [-0.4, -0.2) is 24.9 Å². The average molecular weight is 350 g/mol. The van der Waals surface area contributed by atoms with Crippen LogP contribution in [0.1, 0.15) is 20.7 Å². The largest absolute Gasteiger partial charge is 0.481 e. The normalized spacial score (nSPS) is 11.5. The molecule has 2 aromatic rings. The molecule has 2 aromatic carbocycles. The van der Waals surface area contributed by atoms with E-state index in [0.29, 0.717) is 11.1 Å². The van der Waals surface area contributed by atoms with Gasteiger partial charge in [-0.25, -0.2) is 9.79 Å². The van der Waals surface area contributed by atoms with Crippen LogP contribution in [0.15, 0.2) is 90.4 Å². The van der Waals surface area contributed by atoms with Crippen molar-refractivity contribution in [3.8, 4) is 0 Å². The highest BCUT2D eigenvalue weighted by Crippen LogP contribution is 2.01. The highest BCUT2D eigenvalue weighted by atomic mass is 16.5. The highest BCUT2D eigenvalue weighted by Gasteiger charge is 2.03. The second-order valence-electron chi connectivity index (χ2n) is 4.90. The second kappa shape index (κ2) is 10.2. The van der Waals surface area contributed by atoms with Crippen LogP contribution in [0.5, 0.6) is 0 Å². The van der Waals surface area contributed by atoms with Crippen molar-refractivity contribution < 1.29 is 19.1 Å². The molecule has 0 bridgehead atoms. The van der Waals surface area contributed by atoms with Crippen LogP contribution in [0.2, 0.25) is 0 Å². The molecule has 26 heavy (non-hydrogen) atoms. The maximum atomic E-state index is 11.8. The molecule has 0 atom stereocenters. The maximum absolute atomic E-state index is 11.8. The zero-order chi connectivity index (χ0) is 18.6. The topological polar surface area (TPSA) is 77.0 Å². The number of hydrogen-bond acceptors (Lipinski definition) is 5. The number of methoxy groups -OCH3 is 1. The molecule has 6 heteroatoms. The van der Waals surface area contributed by atoms with Gasteiger partial charge in [0, 0.05) is 24.0 Å². The van der Waals surface area contributed by atoms with Gasteiger partial charge in [-0.3, -0.25) is 4.79 Å². The Kier molecular flexibility index (Phi) is 7.36. The van der Waals surface area contributed by atoms with Crippen LogP contribution in [0.3, 0.4) is 0 Å². The molecule has 0 aliphatic heterocycles. The van der Waals surface area contributed by atoms with Crippen molar-refractivity contribution in [2.24, 2.45) is 4.99 Å². The fraction of sp³-hybridized carbons (Fsp3) is 0.0500. The van der Waals surface area contributed by atoms with E-state index in [1.165, 1.54) is 31.8 Å². The minimum atomic E-state index is -0.483. The number of benzene rings is 2. The van der Waals surface area contributed by atoms with E-state index in [4.69, 9.17) is 9.47 Å². The van der Waals surface area contributed by atoms with Crippen LogP contribution < -0.4 is 5.32 Å². The molecule has 132 valence electrons. The number of esters is 1. The van der Waals surface area contributed by atoms with Crippen molar-refractivity contribution in [3.63, 3.8) is 0 Å². The van der Waals surface area contributed by atoms with E-state index in [0.717, 1.165) is 0 Å². The highest BCUT2D eigenvalue weighted by molar-refractivity contribution is 5.94. The summed E-state index contributed by atoms with van der Waals surface area (Å²) in [6, 6.07) is 17.4. The molecule has 1 amide bonds. The monoisotopic (exact) mass is 350 g/mol. The molecule has 0 saturated carbocycles. The van der Waals surface area contributed by atoms with Crippen LogP contribution in [0, 0.1) is 0 Å². The lowest BCUT2D eigenvalue weighted by Crippen LogP contribution is -2.16. The van der Waals surface area contributed by atoms with Gasteiger partial charge < -0.3 is 14.8 Å². The Morgan fingerprint density at radius 3 is 2.19 bits per heavy atom. The van der Waals surface area contributed by atoms with Gasteiger partial charge in [-0.15, -0.1) is 0 Å². The van der Waals surface area contributed by atoms with Crippen LogP contribution in [-0.2, 0) is 9.47 Å². The summed E-state index contributed by atoms with van der Waals surface area (Å²) in [6.45, 7) is 0. The first-order chi connectivity index (χ1) is 12.7. The standard InChI is InChI=1S/C20H18N2O4/c1-25-18(12-15-26-20(24)17-10-6-3-7-11-17)21-13-14-22-19(23)16-8-4-2-5-9-16/h2-15H,1H3,(H,22,23)/b14-13-,15-12+,21-18+. The summed E-state index contributed by atoms with van der Waals surface area (Å²) in [4.78, 5) is 27.6. The van der Waals surface area contributed by atoms with Crippen LogP contribution in [0.4, 0.5) is 0 Å². The van der Waals surface area contributed by atoms with E-state index in [9.17, 15) is 9.59 Å². The minimum Gasteiger partial charge on any atom is -0.481 e. The summed E-state index contributed by atoms with van der Waals surface area (Å²) in [5.74, 6) is -0.526. The third-order valence-electron chi connectivity index (χ3n) is 3.13. The first-order valence-electron chi connectivity index (χ1n) is 7.76. The molecule has 0 aromatic heterocycles. The van der Waals surface area contributed by atoms with Crippen molar-refractivity contribution in [2.75, 3.05) is 7.11 Å². The third kappa shape index (κ3) is 6.09. The first-order valence-corrected chi connectivity index (χ1v) is 7.76. The third-order valence-corrected chi connectivity index (χ3v) is 3.13. The number of nitrogens with zero attached hydrogens (tertiary/aromatic N) is 1. The number of aliphatic imine (C=N–C) groups is 1. The lowest BCUT2D eigenvalue weighted by Gasteiger charge is -2.00. The molecule has 2 rings (SSSR count). The minimum absolute atomic E-state index is 0.205. The predicted molar refractivity (Wildman–Crippen MR) is 98.5 cm³/mol. The number of nitrogens with one attached hydrogen (secondary N) is 1. The smallest absolute Gasteiger partial charge is 0.342 e. The van der Waals surface area contributed by atoms with Gasteiger partial charge in [0.1, 0.15) is 6.26 Å². The predicted octanol–water partition coefficient (Wildman–Crippen LogP) is 3.30. The molecule has 6 nitrogen and oxygen atoms in total. The van der Waals surface area contributed by atoms with E-state index >= 15 is 0 Å². The number of carbonyl (C=O) groups is 2. The van der Waals surface area contributed by atoms with E-state index in [-0.39, 0.29) is 11.8 Å². The fourth-order valence-electron chi connectivity index (χ4n) is 1.86. The molecule has 0 fully saturated rings. The Labute approximate surface area is 151 Å². The van der Waals surface area contributed by atoms with E-state index < -0.39 is 5.97 Å². The molecular weight excluding hydrogens is 332 g/mol. The summed E-state index contributed by atoms with van der Waals surface area (Å²) in [7, 11) is 1.43. The van der Waals surface area contributed by atoms with Gasteiger partial charge in [0.2, 0.25) is 5.90 Å². The van der Waals surface area contributed by atoms with Gasteiger partial charge in [-0.1, -0.05) is 36.4 Å². The lowest BCUT2D eigenvalue weighted by molar-refractivity contribution is 0.0663. The Morgan fingerprint density at radius 2 is 1.58 bits per heavy atom. The summed E-state index contributed by atoms with van der Waals surface area (Å²) >= 11 is 0. The van der Waals surface area contributed by atoms with Gasteiger partial charge in [0.25, 0.3) is 5.91 Å². The Balaban J connectivity index is 1.85. The summed E-state index contributed by atoms with van der Waals surface area (Å²) < 4.78 is 10.0. The van der Waals surface area contributed by atoms with Gasteiger partial charge >= 0.3 is 5.97 Å². The van der Waals surface area contributed by atoms with Crippen molar-refractivity contribution in [3.05, 3.63) is 96.5 Å². The Bertz CT molecular complexity index is 812. The zero-order valence-corrected chi connectivity index (χ0v) is 14.2. The maximum Gasteiger partial charge on any atom is 0.342 e. The SMILES string of the molecule is COC(/C=C/OC(=O)c1ccccc1)=N/C=C\NC(=O)c1ccccc1. The second-order valence-corrected chi connectivity index (χ2v) is 4.90. The molecular formula is C20H18N2O4. The molecule has 0 spiro atoms. The van der Waals surface area contributed by atoms with Crippen molar-refractivity contribution in [1.29, 1.82) is 0 Å². The molecule has 1 N–H and O–H groups in total. The summed E-state index contributed by atoms with van der Waals surface area (Å²) in [6.07, 6.45) is 5.33. The van der Waals surface area contributed by atoms with E-state index in [1.54, 1.807) is 48.5 Å². The lowest BCUT2D eigenvalue weighted by atomic mass is 10.2. The molecule has 0 saturated heterocycles. The summed E-state index contributed by atoms with van der Waals surface area (Å²) in [5.41, 5.74) is 0.984. The van der Waals surface area contributed by atoms with Gasteiger partial charge in [0.05, 0.1) is 12.7 Å². The molecule has 0 aliphatic rings.